The van der Waals surface area contributed by atoms with Crippen molar-refractivity contribution < 1.29 is 23.9 Å². The summed E-state index contributed by atoms with van der Waals surface area (Å²) in [6.07, 6.45) is 0. The zero-order valence-electron chi connectivity index (χ0n) is 20.1. The lowest BCUT2D eigenvalue weighted by Crippen LogP contribution is -2.45. The molecule has 0 N–H and O–H groups in total. The fraction of sp³-hybridized carbons (Fsp3) is 0.250. The zero-order valence-corrected chi connectivity index (χ0v) is 20.1. The molecule has 0 atom stereocenters. The fourth-order valence-electron chi connectivity index (χ4n) is 4.00. The van der Waals surface area contributed by atoms with Crippen molar-refractivity contribution in [3.63, 3.8) is 0 Å². The van der Waals surface area contributed by atoms with Crippen molar-refractivity contribution in [2.75, 3.05) is 31.7 Å². The van der Waals surface area contributed by atoms with E-state index in [9.17, 15) is 14.4 Å². The van der Waals surface area contributed by atoms with Gasteiger partial charge in [0.2, 0.25) is 5.91 Å². The zero-order chi connectivity index (χ0) is 24.9. The van der Waals surface area contributed by atoms with E-state index in [0.717, 1.165) is 16.7 Å². The van der Waals surface area contributed by atoms with E-state index in [1.165, 1.54) is 4.90 Å². The Morgan fingerprint density at radius 1 is 1.00 bits per heavy atom. The highest BCUT2D eigenvalue weighted by atomic mass is 16.5. The lowest BCUT2D eigenvalue weighted by atomic mass is 10.1. The molecule has 1 aliphatic rings. The molecule has 0 aromatic heterocycles. The van der Waals surface area contributed by atoms with E-state index in [2.05, 4.69) is 0 Å². The SMILES string of the molecule is Cc1cc(C)cc(OCC(=O)c2ccc3c(c2)N(CC(=O)N(C)Cc2ccccc2)C(=O)CO3)c1. The molecule has 7 nitrogen and oxygen atoms in total. The van der Waals surface area contributed by atoms with Crippen molar-refractivity contribution in [1.82, 2.24) is 4.90 Å². The Morgan fingerprint density at radius 3 is 2.43 bits per heavy atom. The van der Waals surface area contributed by atoms with Crippen LogP contribution in [0.1, 0.15) is 27.0 Å². The Hall–Kier alpha value is -4.13. The number of carbonyl (C=O) groups excluding carboxylic acids is 3. The summed E-state index contributed by atoms with van der Waals surface area (Å²) in [6, 6.07) is 20.3. The number of carbonyl (C=O) groups is 3. The second-order valence-corrected chi connectivity index (χ2v) is 8.72. The molecule has 7 heteroatoms. The van der Waals surface area contributed by atoms with Gasteiger partial charge in [0.25, 0.3) is 5.91 Å². The van der Waals surface area contributed by atoms with Gasteiger partial charge in [-0.1, -0.05) is 36.4 Å². The summed E-state index contributed by atoms with van der Waals surface area (Å²) in [5.74, 6) is 0.285. The molecule has 3 aromatic rings. The third-order valence-electron chi connectivity index (χ3n) is 5.77. The lowest BCUT2D eigenvalue weighted by Gasteiger charge is -2.30. The number of ether oxygens (including phenoxy) is 2. The minimum atomic E-state index is -0.338. The third-order valence-corrected chi connectivity index (χ3v) is 5.77. The van der Waals surface area contributed by atoms with Crippen molar-refractivity contribution in [2.24, 2.45) is 0 Å². The van der Waals surface area contributed by atoms with Crippen LogP contribution < -0.4 is 14.4 Å². The van der Waals surface area contributed by atoms with Gasteiger partial charge in [-0.2, -0.15) is 0 Å². The summed E-state index contributed by atoms with van der Waals surface area (Å²) in [6.45, 7) is 3.92. The molecular formula is C28H28N2O5. The average molecular weight is 473 g/mol. The standard InChI is InChI=1S/C28H28N2O5/c1-19-11-20(2)13-23(12-19)34-17-25(31)22-9-10-26-24(14-22)30(28(33)18-35-26)16-27(32)29(3)15-21-7-5-4-6-8-21/h4-14H,15-18H2,1-3H3. The lowest BCUT2D eigenvalue weighted by molar-refractivity contribution is -0.131. The normalized spacial score (nSPS) is 12.5. The van der Waals surface area contributed by atoms with Crippen LogP contribution in [0.3, 0.4) is 0 Å². The summed E-state index contributed by atoms with van der Waals surface area (Å²) in [7, 11) is 1.70. The highest BCUT2D eigenvalue weighted by molar-refractivity contribution is 6.04. The van der Waals surface area contributed by atoms with E-state index in [1.807, 2.05) is 62.4 Å². The monoisotopic (exact) mass is 472 g/mol. The number of aryl methyl sites for hydroxylation is 2. The summed E-state index contributed by atoms with van der Waals surface area (Å²) < 4.78 is 11.2. The van der Waals surface area contributed by atoms with Crippen molar-refractivity contribution in [3.8, 4) is 11.5 Å². The molecule has 0 fully saturated rings. The maximum atomic E-state index is 12.9. The Kier molecular flexibility index (Phi) is 7.15. The number of amides is 2. The van der Waals surface area contributed by atoms with Crippen molar-refractivity contribution in [3.05, 3.63) is 89.0 Å². The predicted octanol–water partition coefficient (Wildman–Crippen LogP) is 3.95. The number of hydrogen-bond acceptors (Lipinski definition) is 5. The van der Waals surface area contributed by atoms with E-state index in [-0.39, 0.29) is 37.4 Å². The van der Waals surface area contributed by atoms with Gasteiger partial charge in [0, 0.05) is 19.2 Å². The highest BCUT2D eigenvalue weighted by Gasteiger charge is 2.29. The average Bonchev–Trinajstić information content (AvgIpc) is 2.84. The molecule has 3 aromatic carbocycles. The van der Waals surface area contributed by atoms with Gasteiger partial charge in [-0.3, -0.25) is 19.3 Å². The van der Waals surface area contributed by atoms with Gasteiger partial charge in [0.15, 0.2) is 19.0 Å². The van der Waals surface area contributed by atoms with E-state index >= 15 is 0 Å². The number of nitrogens with zero attached hydrogens (tertiary/aromatic N) is 2. The van der Waals surface area contributed by atoms with Gasteiger partial charge in [-0.15, -0.1) is 0 Å². The minimum absolute atomic E-state index is 0.144. The maximum Gasteiger partial charge on any atom is 0.265 e. The first-order valence-electron chi connectivity index (χ1n) is 11.4. The summed E-state index contributed by atoms with van der Waals surface area (Å²) >= 11 is 0. The van der Waals surface area contributed by atoms with E-state index in [4.69, 9.17) is 9.47 Å². The Bertz CT molecular complexity index is 1240. The van der Waals surface area contributed by atoms with E-state index in [1.54, 1.807) is 30.1 Å². The predicted molar refractivity (Wildman–Crippen MR) is 133 cm³/mol. The number of Topliss-reactive ketones (excluding diaryl/α,β-unsaturated/α-hetero) is 1. The van der Waals surface area contributed by atoms with Gasteiger partial charge in [-0.05, 0) is 60.9 Å². The number of rotatable bonds is 8. The number of likely N-dealkylation sites (N-methyl/N-ethyl adjacent to an activating group) is 1. The van der Waals surface area contributed by atoms with Crippen LogP contribution in [0.25, 0.3) is 0 Å². The molecule has 0 unspecified atom stereocenters. The fourth-order valence-corrected chi connectivity index (χ4v) is 4.00. The highest BCUT2D eigenvalue weighted by Crippen LogP contribution is 2.33. The molecule has 1 aliphatic heterocycles. The van der Waals surface area contributed by atoms with Crippen LogP contribution in [0.15, 0.2) is 66.7 Å². The molecule has 0 spiro atoms. The molecule has 0 bridgehead atoms. The van der Waals surface area contributed by atoms with Crippen LogP contribution in [0.4, 0.5) is 5.69 Å². The van der Waals surface area contributed by atoms with Gasteiger partial charge < -0.3 is 14.4 Å². The molecule has 0 saturated heterocycles. The smallest absolute Gasteiger partial charge is 0.265 e. The first-order chi connectivity index (χ1) is 16.8. The van der Waals surface area contributed by atoms with Crippen LogP contribution in [-0.4, -0.2) is 49.3 Å². The number of hydrogen-bond donors (Lipinski definition) is 0. The van der Waals surface area contributed by atoms with Gasteiger partial charge in [0.05, 0.1) is 5.69 Å². The second kappa shape index (κ2) is 10.4. The first kappa shape index (κ1) is 24.0. The van der Waals surface area contributed by atoms with Crippen LogP contribution in [0, 0.1) is 13.8 Å². The molecule has 0 aliphatic carbocycles. The number of fused-ring (bicyclic) bond motifs is 1. The largest absolute Gasteiger partial charge is 0.485 e. The van der Waals surface area contributed by atoms with Crippen LogP contribution >= 0.6 is 0 Å². The number of anilines is 1. The molecular weight excluding hydrogens is 444 g/mol. The van der Waals surface area contributed by atoms with E-state index in [0.29, 0.717) is 29.3 Å². The van der Waals surface area contributed by atoms with Gasteiger partial charge in [-0.25, -0.2) is 0 Å². The summed E-state index contributed by atoms with van der Waals surface area (Å²) in [4.78, 5) is 41.4. The summed E-state index contributed by atoms with van der Waals surface area (Å²) in [5, 5.41) is 0. The van der Waals surface area contributed by atoms with Crippen molar-refractivity contribution in [1.29, 1.82) is 0 Å². The number of ketones is 1. The Morgan fingerprint density at radius 2 is 1.71 bits per heavy atom. The summed E-state index contributed by atoms with van der Waals surface area (Å²) in [5.41, 5.74) is 3.87. The van der Waals surface area contributed by atoms with Crippen LogP contribution in [0.5, 0.6) is 11.5 Å². The van der Waals surface area contributed by atoms with Crippen molar-refractivity contribution >= 4 is 23.3 Å². The Balaban J connectivity index is 1.47. The molecule has 35 heavy (non-hydrogen) atoms. The minimum Gasteiger partial charge on any atom is -0.485 e. The molecule has 0 saturated carbocycles. The quantitative estimate of drug-likeness (QED) is 0.464. The van der Waals surface area contributed by atoms with Crippen LogP contribution in [0.2, 0.25) is 0 Å². The van der Waals surface area contributed by atoms with Crippen LogP contribution in [-0.2, 0) is 16.1 Å². The van der Waals surface area contributed by atoms with Gasteiger partial charge >= 0.3 is 0 Å². The Labute approximate surface area is 204 Å². The molecule has 180 valence electrons. The molecule has 0 radical (unpaired) electrons. The maximum absolute atomic E-state index is 12.9. The molecule has 4 rings (SSSR count). The third kappa shape index (κ3) is 5.87. The van der Waals surface area contributed by atoms with E-state index < -0.39 is 0 Å². The second-order valence-electron chi connectivity index (χ2n) is 8.72. The van der Waals surface area contributed by atoms with Gasteiger partial charge in [0.1, 0.15) is 18.0 Å². The number of benzene rings is 3. The molecule has 2 amide bonds. The molecule has 1 heterocycles. The first-order valence-corrected chi connectivity index (χ1v) is 11.4. The van der Waals surface area contributed by atoms with Crippen molar-refractivity contribution in [2.45, 2.75) is 20.4 Å². The topological polar surface area (TPSA) is 76.2 Å².